The fraction of sp³-hybridized carbons (Fsp3) is 0.364. The van der Waals surface area contributed by atoms with Crippen molar-refractivity contribution in [1.29, 1.82) is 0 Å². The summed E-state index contributed by atoms with van der Waals surface area (Å²) in [5.74, 6) is 0.264. The summed E-state index contributed by atoms with van der Waals surface area (Å²) in [4.78, 5) is 13.4. The van der Waals surface area contributed by atoms with Gasteiger partial charge in [0.2, 0.25) is 5.91 Å². The Labute approximate surface area is 83.0 Å². The van der Waals surface area contributed by atoms with Crippen molar-refractivity contribution in [3.63, 3.8) is 0 Å². The van der Waals surface area contributed by atoms with Crippen molar-refractivity contribution < 1.29 is 9.90 Å². The summed E-state index contributed by atoms with van der Waals surface area (Å²) in [5.41, 5.74) is 1.86. The average molecular weight is 191 g/mol. The number of hydrogen-bond donors (Lipinski definition) is 1. The highest BCUT2D eigenvalue weighted by molar-refractivity contribution is 6.04. The number of anilines is 1. The van der Waals surface area contributed by atoms with Gasteiger partial charge in [-0.1, -0.05) is 6.92 Å². The molecule has 0 bridgehead atoms. The smallest absolute Gasteiger partial charge is 0.234 e. The molecule has 0 unspecified atom stereocenters. The minimum absolute atomic E-state index is 0.0814. The lowest BCUT2D eigenvalue weighted by Gasteiger charge is -2.09. The van der Waals surface area contributed by atoms with Crippen LogP contribution in [0.2, 0.25) is 0 Å². The molecule has 0 aromatic heterocycles. The molecule has 3 nitrogen and oxygen atoms in total. The molecule has 2 rings (SSSR count). The maximum Gasteiger partial charge on any atom is 0.234 e. The third kappa shape index (κ3) is 1.09. The first-order chi connectivity index (χ1) is 6.65. The third-order valence-corrected chi connectivity index (χ3v) is 2.78. The van der Waals surface area contributed by atoms with E-state index in [1.54, 1.807) is 30.1 Å². The van der Waals surface area contributed by atoms with E-state index in [-0.39, 0.29) is 17.6 Å². The van der Waals surface area contributed by atoms with Crippen LogP contribution in [0.4, 0.5) is 5.69 Å². The number of fused-ring (bicyclic) bond motifs is 1. The van der Waals surface area contributed by atoms with Crippen LogP contribution in [0.1, 0.15) is 24.8 Å². The van der Waals surface area contributed by atoms with Crippen molar-refractivity contribution in [2.24, 2.45) is 0 Å². The van der Waals surface area contributed by atoms with Crippen molar-refractivity contribution in [2.75, 3.05) is 11.9 Å². The molecule has 1 aliphatic heterocycles. The van der Waals surface area contributed by atoms with Crippen LogP contribution in [-0.4, -0.2) is 18.1 Å². The summed E-state index contributed by atoms with van der Waals surface area (Å²) in [6, 6.07) is 5.09. The van der Waals surface area contributed by atoms with E-state index < -0.39 is 0 Å². The molecule has 3 heteroatoms. The van der Waals surface area contributed by atoms with Gasteiger partial charge in [0.05, 0.1) is 5.92 Å². The summed E-state index contributed by atoms with van der Waals surface area (Å²) in [7, 11) is 1.77. The number of rotatable bonds is 1. The summed E-state index contributed by atoms with van der Waals surface area (Å²) < 4.78 is 0. The Morgan fingerprint density at radius 1 is 1.50 bits per heavy atom. The maximum absolute atomic E-state index is 11.7. The number of amides is 1. The topological polar surface area (TPSA) is 40.5 Å². The molecule has 14 heavy (non-hydrogen) atoms. The highest BCUT2D eigenvalue weighted by Gasteiger charge is 2.33. The number of aromatic hydroxyl groups is 1. The Morgan fingerprint density at radius 3 is 2.86 bits per heavy atom. The van der Waals surface area contributed by atoms with Crippen molar-refractivity contribution in [3.05, 3.63) is 23.8 Å². The normalized spacial score (nSPS) is 20.0. The van der Waals surface area contributed by atoms with Gasteiger partial charge in [-0.05, 0) is 30.2 Å². The molecule has 0 radical (unpaired) electrons. The monoisotopic (exact) mass is 191 g/mol. The minimum Gasteiger partial charge on any atom is -0.508 e. The molecule has 1 aromatic carbocycles. The van der Waals surface area contributed by atoms with E-state index in [1.165, 1.54) is 0 Å². The molecule has 1 aliphatic rings. The lowest BCUT2D eigenvalue weighted by atomic mass is 9.98. The number of phenolic OH excluding ortho intramolecular Hbond substituents is 1. The van der Waals surface area contributed by atoms with E-state index in [1.807, 2.05) is 6.92 Å². The number of likely N-dealkylation sites (N-methyl/N-ethyl adjacent to an activating group) is 1. The van der Waals surface area contributed by atoms with Crippen LogP contribution in [0.15, 0.2) is 18.2 Å². The van der Waals surface area contributed by atoms with Crippen LogP contribution in [0.5, 0.6) is 5.75 Å². The number of nitrogens with zero attached hydrogens (tertiary/aromatic N) is 1. The summed E-state index contributed by atoms with van der Waals surface area (Å²) in [6.07, 6.45) is 0.777. The molecular formula is C11H13NO2. The number of carbonyl (C=O) groups is 1. The molecule has 1 atom stereocenters. The van der Waals surface area contributed by atoms with E-state index in [0.29, 0.717) is 0 Å². The van der Waals surface area contributed by atoms with Gasteiger partial charge in [0, 0.05) is 12.7 Å². The van der Waals surface area contributed by atoms with Gasteiger partial charge in [-0.25, -0.2) is 0 Å². The Bertz CT molecular complexity index is 387. The SMILES string of the molecule is CC[C@H]1C(=O)N(C)c2ccc(O)cc21. The van der Waals surface area contributed by atoms with Gasteiger partial charge in [-0.15, -0.1) is 0 Å². The largest absolute Gasteiger partial charge is 0.508 e. The Balaban J connectivity index is 2.56. The molecule has 1 N–H and O–H groups in total. The molecule has 0 saturated carbocycles. The van der Waals surface area contributed by atoms with Crippen molar-refractivity contribution in [2.45, 2.75) is 19.3 Å². The summed E-state index contributed by atoms with van der Waals surface area (Å²) in [6.45, 7) is 1.98. The molecular weight excluding hydrogens is 178 g/mol. The number of hydrogen-bond acceptors (Lipinski definition) is 2. The fourth-order valence-corrected chi connectivity index (χ4v) is 2.01. The van der Waals surface area contributed by atoms with Crippen LogP contribution in [0.25, 0.3) is 0 Å². The van der Waals surface area contributed by atoms with Crippen LogP contribution in [0, 0.1) is 0 Å². The van der Waals surface area contributed by atoms with Gasteiger partial charge in [-0.3, -0.25) is 4.79 Å². The van der Waals surface area contributed by atoms with E-state index in [9.17, 15) is 9.90 Å². The molecule has 0 aliphatic carbocycles. The van der Waals surface area contributed by atoms with E-state index in [4.69, 9.17) is 0 Å². The second-order valence-corrected chi connectivity index (χ2v) is 3.60. The number of phenols is 1. The van der Waals surface area contributed by atoms with Crippen molar-refractivity contribution in [1.82, 2.24) is 0 Å². The quantitative estimate of drug-likeness (QED) is 0.736. The van der Waals surface area contributed by atoms with Crippen molar-refractivity contribution in [3.8, 4) is 5.75 Å². The Kier molecular flexibility index (Phi) is 1.95. The van der Waals surface area contributed by atoms with Crippen LogP contribution >= 0.6 is 0 Å². The first-order valence-electron chi connectivity index (χ1n) is 4.75. The van der Waals surface area contributed by atoms with Crippen LogP contribution in [0.3, 0.4) is 0 Å². The number of benzene rings is 1. The van der Waals surface area contributed by atoms with E-state index in [2.05, 4.69) is 0 Å². The standard InChI is InChI=1S/C11H13NO2/c1-3-8-9-6-7(13)4-5-10(9)12(2)11(8)14/h4-6,8,13H,3H2,1-2H3/t8-/m1/s1. The van der Waals surface area contributed by atoms with Crippen LogP contribution in [-0.2, 0) is 4.79 Å². The Hall–Kier alpha value is -1.51. The van der Waals surface area contributed by atoms with Gasteiger partial charge in [0.25, 0.3) is 0 Å². The van der Waals surface area contributed by atoms with Gasteiger partial charge in [0.1, 0.15) is 5.75 Å². The molecule has 1 heterocycles. The van der Waals surface area contributed by atoms with Crippen molar-refractivity contribution >= 4 is 11.6 Å². The van der Waals surface area contributed by atoms with E-state index in [0.717, 1.165) is 17.7 Å². The molecule has 0 fully saturated rings. The minimum atomic E-state index is -0.0814. The highest BCUT2D eigenvalue weighted by atomic mass is 16.3. The predicted molar refractivity (Wildman–Crippen MR) is 54.5 cm³/mol. The average Bonchev–Trinajstić information content (AvgIpc) is 2.39. The van der Waals surface area contributed by atoms with Gasteiger partial charge < -0.3 is 10.0 Å². The first-order valence-corrected chi connectivity index (χ1v) is 4.75. The lowest BCUT2D eigenvalue weighted by Crippen LogP contribution is -2.23. The molecule has 74 valence electrons. The summed E-state index contributed by atoms with van der Waals surface area (Å²) in [5, 5.41) is 9.35. The van der Waals surface area contributed by atoms with E-state index >= 15 is 0 Å². The number of carbonyl (C=O) groups excluding carboxylic acids is 1. The van der Waals surface area contributed by atoms with Gasteiger partial charge in [-0.2, -0.15) is 0 Å². The van der Waals surface area contributed by atoms with Gasteiger partial charge >= 0.3 is 0 Å². The van der Waals surface area contributed by atoms with Crippen LogP contribution < -0.4 is 4.90 Å². The third-order valence-electron chi connectivity index (χ3n) is 2.78. The maximum atomic E-state index is 11.7. The second kappa shape index (κ2) is 3.01. The summed E-state index contributed by atoms with van der Waals surface area (Å²) >= 11 is 0. The zero-order valence-electron chi connectivity index (χ0n) is 8.32. The van der Waals surface area contributed by atoms with Gasteiger partial charge in [0.15, 0.2) is 0 Å². The molecule has 0 saturated heterocycles. The molecule has 1 amide bonds. The zero-order valence-corrected chi connectivity index (χ0v) is 8.32. The lowest BCUT2D eigenvalue weighted by molar-refractivity contribution is -0.119. The fourth-order valence-electron chi connectivity index (χ4n) is 2.01. The first kappa shape index (κ1) is 9.06. The highest BCUT2D eigenvalue weighted by Crippen LogP contribution is 2.39. The predicted octanol–water partition coefficient (Wildman–Crippen LogP) is 1.86. The molecule has 1 aromatic rings. The second-order valence-electron chi connectivity index (χ2n) is 3.60. The Morgan fingerprint density at radius 2 is 2.21 bits per heavy atom. The zero-order chi connectivity index (χ0) is 10.3. The molecule has 0 spiro atoms.